The van der Waals surface area contributed by atoms with E-state index in [9.17, 15) is 14.7 Å². The molecule has 0 aliphatic heterocycles. The maximum Gasteiger partial charge on any atom is 0.336 e. The number of esters is 1. The Bertz CT molecular complexity index is 755. The second-order valence-electron chi connectivity index (χ2n) is 5.79. The lowest BCUT2D eigenvalue weighted by Crippen LogP contribution is -2.18. The molecule has 0 atom stereocenters. The van der Waals surface area contributed by atoms with Gasteiger partial charge in [-0.25, -0.2) is 9.59 Å². The number of carboxylic acids is 1. The SMILES string of the molecule is CC(C)(c1ccc(O)cc1)c1ccc(OC(=O)C=CC(=O)O)cc1. The number of benzene rings is 2. The van der Waals surface area contributed by atoms with E-state index in [1.807, 2.05) is 24.3 Å². The van der Waals surface area contributed by atoms with Crippen molar-refractivity contribution in [3.05, 3.63) is 71.8 Å². The third-order valence-electron chi connectivity index (χ3n) is 3.75. The van der Waals surface area contributed by atoms with Gasteiger partial charge in [0.25, 0.3) is 0 Å². The number of hydrogen-bond acceptors (Lipinski definition) is 4. The molecule has 2 aromatic carbocycles. The molecule has 124 valence electrons. The fourth-order valence-corrected chi connectivity index (χ4v) is 2.27. The Morgan fingerprint density at radius 3 is 1.92 bits per heavy atom. The normalized spacial score (nSPS) is 11.4. The van der Waals surface area contributed by atoms with Gasteiger partial charge < -0.3 is 14.9 Å². The molecular weight excluding hydrogens is 308 g/mol. The van der Waals surface area contributed by atoms with Crippen LogP contribution < -0.4 is 4.74 Å². The highest BCUT2D eigenvalue weighted by atomic mass is 16.5. The molecule has 2 N–H and O–H groups in total. The monoisotopic (exact) mass is 326 g/mol. The number of carbonyl (C=O) groups is 2. The largest absolute Gasteiger partial charge is 0.508 e. The Hall–Kier alpha value is -3.08. The molecule has 0 unspecified atom stereocenters. The molecule has 0 heterocycles. The summed E-state index contributed by atoms with van der Waals surface area (Å²) in [7, 11) is 0. The number of aromatic hydroxyl groups is 1. The Labute approximate surface area is 139 Å². The van der Waals surface area contributed by atoms with Gasteiger partial charge in [-0.2, -0.15) is 0 Å². The van der Waals surface area contributed by atoms with Gasteiger partial charge in [-0.15, -0.1) is 0 Å². The molecule has 2 rings (SSSR count). The summed E-state index contributed by atoms with van der Waals surface area (Å²) in [6.45, 7) is 4.10. The zero-order valence-corrected chi connectivity index (χ0v) is 13.4. The fraction of sp³-hybridized carbons (Fsp3) is 0.158. The van der Waals surface area contributed by atoms with Crippen LogP contribution in [0.5, 0.6) is 11.5 Å². The van der Waals surface area contributed by atoms with Crippen LogP contribution in [0.3, 0.4) is 0 Å². The molecule has 5 heteroatoms. The molecule has 0 fully saturated rings. The fourth-order valence-electron chi connectivity index (χ4n) is 2.27. The van der Waals surface area contributed by atoms with Crippen LogP contribution in [0.25, 0.3) is 0 Å². The van der Waals surface area contributed by atoms with E-state index in [0.717, 1.165) is 23.3 Å². The Kier molecular flexibility index (Phi) is 5.04. The second-order valence-corrected chi connectivity index (χ2v) is 5.79. The van der Waals surface area contributed by atoms with E-state index in [0.29, 0.717) is 5.75 Å². The van der Waals surface area contributed by atoms with Crippen LogP contribution in [-0.2, 0) is 15.0 Å². The molecule has 0 saturated heterocycles. The Balaban J connectivity index is 2.15. The molecule has 2 aromatic rings. The van der Waals surface area contributed by atoms with Gasteiger partial charge >= 0.3 is 11.9 Å². The number of carboxylic acid groups (broad SMARTS) is 1. The molecule has 0 spiro atoms. The quantitative estimate of drug-likeness (QED) is 0.500. The van der Waals surface area contributed by atoms with Crippen LogP contribution in [0.2, 0.25) is 0 Å². The second kappa shape index (κ2) is 7.00. The third-order valence-corrected chi connectivity index (χ3v) is 3.75. The van der Waals surface area contributed by atoms with E-state index >= 15 is 0 Å². The number of aliphatic carboxylic acids is 1. The molecule has 0 saturated carbocycles. The summed E-state index contributed by atoms with van der Waals surface area (Å²) in [5.41, 5.74) is 1.75. The minimum Gasteiger partial charge on any atom is -0.508 e. The van der Waals surface area contributed by atoms with Crippen LogP contribution >= 0.6 is 0 Å². The zero-order valence-electron chi connectivity index (χ0n) is 13.4. The molecule has 0 amide bonds. The van der Waals surface area contributed by atoms with E-state index in [1.54, 1.807) is 24.3 Å². The summed E-state index contributed by atoms with van der Waals surface area (Å²) < 4.78 is 5.03. The van der Waals surface area contributed by atoms with Crippen molar-refractivity contribution in [2.24, 2.45) is 0 Å². The summed E-state index contributed by atoms with van der Waals surface area (Å²) in [5, 5.41) is 17.9. The first kappa shape index (κ1) is 17.3. The molecule has 0 aromatic heterocycles. The number of phenols is 1. The van der Waals surface area contributed by atoms with Gasteiger partial charge in [0.15, 0.2) is 0 Å². The average Bonchev–Trinajstić information content (AvgIpc) is 2.54. The first-order valence-electron chi connectivity index (χ1n) is 7.32. The third kappa shape index (κ3) is 4.23. The molecule has 24 heavy (non-hydrogen) atoms. The first-order valence-corrected chi connectivity index (χ1v) is 7.32. The minimum absolute atomic E-state index is 0.214. The standard InChI is InChI=1S/C19H18O5/c1-19(2,13-3-7-15(20)8-4-13)14-5-9-16(10-6-14)24-18(23)12-11-17(21)22/h3-12,20H,1-2H3,(H,21,22). The van der Waals surface area contributed by atoms with Crippen molar-refractivity contribution in [1.82, 2.24) is 0 Å². The summed E-state index contributed by atoms with van der Waals surface area (Å²) in [4.78, 5) is 21.8. The highest BCUT2D eigenvalue weighted by Gasteiger charge is 2.23. The number of rotatable bonds is 5. The van der Waals surface area contributed by atoms with Crippen molar-refractivity contribution in [1.29, 1.82) is 0 Å². The van der Waals surface area contributed by atoms with Crippen LogP contribution in [0.4, 0.5) is 0 Å². The lowest BCUT2D eigenvalue weighted by atomic mass is 9.78. The molecule has 0 aliphatic rings. The van der Waals surface area contributed by atoms with E-state index in [-0.39, 0.29) is 11.2 Å². The van der Waals surface area contributed by atoms with Gasteiger partial charge in [0, 0.05) is 17.6 Å². The van der Waals surface area contributed by atoms with E-state index in [4.69, 9.17) is 9.84 Å². The smallest absolute Gasteiger partial charge is 0.336 e. The molecule has 0 aliphatic carbocycles. The number of carbonyl (C=O) groups excluding carboxylic acids is 1. The van der Waals surface area contributed by atoms with Crippen molar-refractivity contribution in [2.45, 2.75) is 19.3 Å². The van der Waals surface area contributed by atoms with E-state index < -0.39 is 11.9 Å². The minimum atomic E-state index is -1.21. The van der Waals surface area contributed by atoms with Gasteiger partial charge in [-0.3, -0.25) is 0 Å². The summed E-state index contributed by atoms with van der Waals surface area (Å²) in [6.07, 6.45) is 1.58. The molecule has 0 bridgehead atoms. The predicted octanol–water partition coefficient (Wildman–Crippen LogP) is 3.26. The lowest BCUT2D eigenvalue weighted by molar-refractivity contribution is -0.133. The number of hydrogen-bond donors (Lipinski definition) is 2. The van der Waals surface area contributed by atoms with Crippen molar-refractivity contribution < 1.29 is 24.5 Å². The summed E-state index contributed by atoms with van der Waals surface area (Å²) >= 11 is 0. The van der Waals surface area contributed by atoms with Crippen LogP contribution in [0, 0.1) is 0 Å². The van der Waals surface area contributed by atoms with Crippen LogP contribution in [-0.4, -0.2) is 22.2 Å². The van der Waals surface area contributed by atoms with Crippen molar-refractivity contribution in [3.63, 3.8) is 0 Å². The van der Waals surface area contributed by atoms with Gasteiger partial charge in [-0.05, 0) is 35.4 Å². The highest BCUT2D eigenvalue weighted by Crippen LogP contribution is 2.33. The highest BCUT2D eigenvalue weighted by molar-refractivity contribution is 5.91. The summed E-state index contributed by atoms with van der Waals surface area (Å²) in [5.74, 6) is -1.41. The van der Waals surface area contributed by atoms with Crippen molar-refractivity contribution >= 4 is 11.9 Å². The van der Waals surface area contributed by atoms with Crippen molar-refractivity contribution in [2.75, 3.05) is 0 Å². The lowest BCUT2D eigenvalue weighted by Gasteiger charge is -2.26. The van der Waals surface area contributed by atoms with Gasteiger partial charge in [0.2, 0.25) is 0 Å². The molecule has 5 nitrogen and oxygen atoms in total. The number of ether oxygens (including phenoxy) is 1. The molecule has 0 radical (unpaired) electrons. The first-order chi connectivity index (χ1) is 11.3. The van der Waals surface area contributed by atoms with E-state index in [2.05, 4.69) is 13.8 Å². The number of phenolic OH excluding ortho intramolecular Hbond substituents is 1. The van der Waals surface area contributed by atoms with Gasteiger partial charge in [0.1, 0.15) is 11.5 Å². The zero-order chi connectivity index (χ0) is 17.7. The van der Waals surface area contributed by atoms with Crippen molar-refractivity contribution in [3.8, 4) is 11.5 Å². The topological polar surface area (TPSA) is 83.8 Å². The van der Waals surface area contributed by atoms with Crippen LogP contribution in [0.15, 0.2) is 60.7 Å². The maximum atomic E-state index is 11.5. The van der Waals surface area contributed by atoms with Crippen LogP contribution in [0.1, 0.15) is 25.0 Å². The average molecular weight is 326 g/mol. The van der Waals surface area contributed by atoms with Gasteiger partial charge in [0.05, 0.1) is 0 Å². The summed E-state index contributed by atoms with van der Waals surface area (Å²) in [6, 6.07) is 14.0. The Morgan fingerprint density at radius 1 is 0.917 bits per heavy atom. The predicted molar refractivity (Wildman–Crippen MR) is 89.1 cm³/mol. The van der Waals surface area contributed by atoms with Gasteiger partial charge in [-0.1, -0.05) is 38.1 Å². The Morgan fingerprint density at radius 2 is 1.42 bits per heavy atom. The molecular formula is C19H18O5. The van der Waals surface area contributed by atoms with E-state index in [1.165, 1.54) is 0 Å². The maximum absolute atomic E-state index is 11.5.